The first-order valence-electron chi connectivity index (χ1n) is 11.0. The number of hydrogen-bond donors (Lipinski definition) is 2. The van der Waals surface area contributed by atoms with E-state index in [1.54, 1.807) is 0 Å². The van der Waals surface area contributed by atoms with E-state index in [1.165, 1.54) is 6.42 Å². The molecular weight excluding hydrogens is 340 g/mol. The van der Waals surface area contributed by atoms with E-state index < -0.39 is 0 Å². The number of rotatable bonds is 5. The maximum Gasteiger partial charge on any atom is 0.239 e. The molecule has 3 aliphatic heterocycles. The number of nitrogens with zero attached hydrogens (tertiary/aromatic N) is 2. The van der Waals surface area contributed by atoms with E-state index in [0.29, 0.717) is 17.8 Å². The summed E-state index contributed by atoms with van der Waals surface area (Å²) in [5.74, 6) is 2.06. The number of carbonyl (C=O) groups excluding carboxylic acids is 2. The van der Waals surface area contributed by atoms with Gasteiger partial charge in [0.1, 0.15) is 0 Å². The molecule has 3 fully saturated rings. The standard InChI is InChI=1S/C21H38N4O2/c1-15-10-16(2)13-25(12-15)21(27)17(3)24-9-5-6-18(14-24)11-23-20(26)19-7-4-8-22-19/h15-19,22H,4-14H2,1-3H3,(H,23,26). The first-order valence-corrected chi connectivity index (χ1v) is 11.0. The van der Waals surface area contributed by atoms with Gasteiger partial charge in [0.15, 0.2) is 0 Å². The summed E-state index contributed by atoms with van der Waals surface area (Å²) in [6.07, 6.45) is 5.49. The Balaban J connectivity index is 1.47. The SMILES string of the molecule is CC1CC(C)CN(C(=O)C(C)N2CCCC(CNC(=O)C3CCCN3)C2)C1. The highest BCUT2D eigenvalue weighted by Gasteiger charge is 2.33. The lowest BCUT2D eigenvalue weighted by atomic mass is 9.91. The van der Waals surface area contributed by atoms with Gasteiger partial charge in [-0.1, -0.05) is 13.8 Å². The van der Waals surface area contributed by atoms with Crippen molar-refractivity contribution >= 4 is 11.8 Å². The fourth-order valence-corrected chi connectivity index (χ4v) is 5.16. The number of hydrogen-bond acceptors (Lipinski definition) is 4. The Hall–Kier alpha value is -1.14. The second-order valence-corrected chi connectivity index (χ2v) is 9.26. The highest BCUT2D eigenvalue weighted by Crippen LogP contribution is 2.24. The Kier molecular flexibility index (Phi) is 7.15. The van der Waals surface area contributed by atoms with Gasteiger partial charge in [0.05, 0.1) is 12.1 Å². The van der Waals surface area contributed by atoms with E-state index in [-0.39, 0.29) is 23.9 Å². The zero-order valence-electron chi connectivity index (χ0n) is 17.4. The van der Waals surface area contributed by atoms with Crippen molar-refractivity contribution in [1.82, 2.24) is 20.4 Å². The predicted molar refractivity (Wildman–Crippen MR) is 107 cm³/mol. The van der Waals surface area contributed by atoms with Crippen molar-refractivity contribution in [3.05, 3.63) is 0 Å². The molecule has 0 bridgehead atoms. The summed E-state index contributed by atoms with van der Waals surface area (Å²) in [6.45, 7) is 11.9. The average Bonchev–Trinajstić information content (AvgIpc) is 3.19. The van der Waals surface area contributed by atoms with Gasteiger partial charge in [-0.15, -0.1) is 0 Å². The number of likely N-dealkylation sites (tertiary alicyclic amines) is 2. The maximum atomic E-state index is 13.0. The molecule has 0 aromatic rings. The minimum Gasteiger partial charge on any atom is -0.354 e. The largest absolute Gasteiger partial charge is 0.354 e. The van der Waals surface area contributed by atoms with Gasteiger partial charge in [0.2, 0.25) is 11.8 Å². The quantitative estimate of drug-likeness (QED) is 0.760. The Morgan fingerprint density at radius 1 is 1.11 bits per heavy atom. The molecule has 2 amide bonds. The first-order chi connectivity index (χ1) is 12.9. The lowest BCUT2D eigenvalue weighted by Crippen LogP contribution is -2.54. The van der Waals surface area contributed by atoms with Crippen LogP contribution >= 0.6 is 0 Å². The molecule has 0 spiro atoms. The summed E-state index contributed by atoms with van der Waals surface area (Å²) in [6, 6.07) is -0.0641. The maximum absolute atomic E-state index is 13.0. The fourth-order valence-electron chi connectivity index (χ4n) is 5.16. The van der Waals surface area contributed by atoms with Crippen LogP contribution in [0.4, 0.5) is 0 Å². The molecule has 2 N–H and O–H groups in total. The van der Waals surface area contributed by atoms with Gasteiger partial charge < -0.3 is 15.5 Å². The van der Waals surface area contributed by atoms with Crippen LogP contribution < -0.4 is 10.6 Å². The molecule has 0 aliphatic carbocycles. The van der Waals surface area contributed by atoms with Crippen LogP contribution in [0.1, 0.15) is 52.9 Å². The molecule has 3 rings (SSSR count). The van der Waals surface area contributed by atoms with Gasteiger partial charge >= 0.3 is 0 Å². The molecule has 5 unspecified atom stereocenters. The van der Waals surface area contributed by atoms with E-state index in [2.05, 4.69) is 41.2 Å². The van der Waals surface area contributed by atoms with Gasteiger partial charge in [-0.05, 0) is 69.9 Å². The molecule has 0 aromatic carbocycles. The normalized spacial score (nSPS) is 33.7. The van der Waals surface area contributed by atoms with Crippen molar-refractivity contribution in [2.75, 3.05) is 39.3 Å². The molecule has 0 radical (unpaired) electrons. The number of carbonyl (C=O) groups is 2. The van der Waals surface area contributed by atoms with Gasteiger partial charge in [-0.2, -0.15) is 0 Å². The highest BCUT2D eigenvalue weighted by atomic mass is 16.2. The second kappa shape index (κ2) is 9.37. The summed E-state index contributed by atoms with van der Waals surface area (Å²) in [4.78, 5) is 29.7. The lowest BCUT2D eigenvalue weighted by Gasteiger charge is -2.41. The van der Waals surface area contributed by atoms with Crippen molar-refractivity contribution in [3.63, 3.8) is 0 Å². The Morgan fingerprint density at radius 2 is 1.85 bits per heavy atom. The van der Waals surface area contributed by atoms with Gasteiger partial charge in [-0.25, -0.2) is 0 Å². The van der Waals surface area contributed by atoms with Crippen LogP contribution in [0.3, 0.4) is 0 Å². The molecule has 0 saturated carbocycles. The summed E-state index contributed by atoms with van der Waals surface area (Å²) >= 11 is 0. The van der Waals surface area contributed by atoms with Crippen LogP contribution in [0.2, 0.25) is 0 Å². The summed E-state index contributed by atoms with van der Waals surface area (Å²) in [5.41, 5.74) is 0. The van der Waals surface area contributed by atoms with Gasteiger partial charge in [-0.3, -0.25) is 14.5 Å². The van der Waals surface area contributed by atoms with Crippen molar-refractivity contribution in [3.8, 4) is 0 Å². The van der Waals surface area contributed by atoms with Crippen molar-refractivity contribution in [2.24, 2.45) is 17.8 Å². The average molecular weight is 379 g/mol. The highest BCUT2D eigenvalue weighted by molar-refractivity contribution is 5.82. The third-order valence-corrected chi connectivity index (χ3v) is 6.58. The molecule has 3 heterocycles. The molecule has 6 heteroatoms. The smallest absolute Gasteiger partial charge is 0.239 e. The molecule has 3 saturated heterocycles. The summed E-state index contributed by atoms with van der Waals surface area (Å²) < 4.78 is 0. The minimum atomic E-state index is -0.0579. The Bertz CT molecular complexity index is 510. The van der Waals surface area contributed by atoms with E-state index in [1.807, 2.05) is 0 Å². The zero-order chi connectivity index (χ0) is 19.4. The van der Waals surface area contributed by atoms with Crippen LogP contribution in [-0.4, -0.2) is 73.0 Å². The van der Waals surface area contributed by atoms with Crippen LogP contribution in [-0.2, 0) is 9.59 Å². The molecule has 3 aliphatic rings. The van der Waals surface area contributed by atoms with Gasteiger partial charge in [0, 0.05) is 26.2 Å². The monoisotopic (exact) mass is 378 g/mol. The van der Waals surface area contributed by atoms with Crippen LogP contribution in [0, 0.1) is 17.8 Å². The van der Waals surface area contributed by atoms with Crippen LogP contribution in [0.5, 0.6) is 0 Å². The lowest BCUT2D eigenvalue weighted by molar-refractivity contribution is -0.140. The van der Waals surface area contributed by atoms with E-state index in [0.717, 1.165) is 65.0 Å². The molecular formula is C21H38N4O2. The second-order valence-electron chi connectivity index (χ2n) is 9.26. The number of amides is 2. The zero-order valence-corrected chi connectivity index (χ0v) is 17.4. The van der Waals surface area contributed by atoms with E-state index in [4.69, 9.17) is 0 Å². The summed E-state index contributed by atoms with van der Waals surface area (Å²) in [7, 11) is 0. The van der Waals surface area contributed by atoms with Crippen LogP contribution in [0.25, 0.3) is 0 Å². The Morgan fingerprint density at radius 3 is 2.52 bits per heavy atom. The van der Waals surface area contributed by atoms with E-state index >= 15 is 0 Å². The van der Waals surface area contributed by atoms with E-state index in [9.17, 15) is 9.59 Å². The van der Waals surface area contributed by atoms with Crippen molar-refractivity contribution < 1.29 is 9.59 Å². The number of nitrogens with one attached hydrogen (secondary N) is 2. The fraction of sp³-hybridized carbons (Fsp3) is 0.905. The Labute approximate surface area is 164 Å². The predicted octanol–water partition coefficient (Wildman–Crippen LogP) is 1.46. The minimum absolute atomic E-state index is 0.00623. The molecule has 154 valence electrons. The van der Waals surface area contributed by atoms with Crippen molar-refractivity contribution in [1.29, 1.82) is 0 Å². The topological polar surface area (TPSA) is 64.7 Å². The van der Waals surface area contributed by atoms with Crippen molar-refractivity contribution in [2.45, 2.75) is 65.0 Å². The first kappa shape index (κ1) is 20.6. The molecule has 0 aromatic heterocycles. The third-order valence-electron chi connectivity index (χ3n) is 6.58. The van der Waals surface area contributed by atoms with Gasteiger partial charge in [0.25, 0.3) is 0 Å². The van der Waals surface area contributed by atoms with Crippen LogP contribution in [0.15, 0.2) is 0 Å². The third kappa shape index (κ3) is 5.44. The number of piperidine rings is 2. The molecule has 6 nitrogen and oxygen atoms in total. The summed E-state index contributed by atoms with van der Waals surface area (Å²) in [5, 5.41) is 6.39. The molecule has 27 heavy (non-hydrogen) atoms. The molecule has 5 atom stereocenters.